The summed E-state index contributed by atoms with van der Waals surface area (Å²) in [5, 5.41) is 24.6. The first-order valence-electron chi connectivity index (χ1n) is 15.1. The summed E-state index contributed by atoms with van der Waals surface area (Å²) in [5.74, 6) is 1.06. The molecule has 3 aliphatic carbocycles. The minimum absolute atomic E-state index is 0. The van der Waals surface area contributed by atoms with E-state index in [1.165, 1.54) is 36.5 Å². The number of esters is 1. The number of phenolic OH excluding ortho intramolecular Hbond substituents is 1. The number of rotatable bonds is 5. The van der Waals surface area contributed by atoms with Crippen molar-refractivity contribution in [3.63, 3.8) is 0 Å². The SMILES string of the molecule is CCC(=O)OC1CCC2C3CCc4cc(O)ccc4C3CCC12C.Cc1ccc(Cl)c(Nc2ccccc2C(=O)[O-])c1Cl.[Na+]. The molecule has 0 radical (unpaired) electrons. The molecule has 228 valence electrons. The molecule has 0 aromatic heterocycles. The molecule has 2 fully saturated rings. The summed E-state index contributed by atoms with van der Waals surface area (Å²) in [7, 11) is 0. The molecule has 44 heavy (non-hydrogen) atoms. The Labute approximate surface area is 291 Å². The summed E-state index contributed by atoms with van der Waals surface area (Å²) in [5.41, 5.74) is 4.72. The zero-order valence-electron chi connectivity index (χ0n) is 25.8. The maximum Gasteiger partial charge on any atom is 1.00 e. The van der Waals surface area contributed by atoms with E-state index in [4.69, 9.17) is 27.9 Å². The van der Waals surface area contributed by atoms with Crippen molar-refractivity contribution in [1.29, 1.82) is 0 Å². The number of carbonyl (C=O) groups excluding carboxylic acids is 2. The van der Waals surface area contributed by atoms with Crippen LogP contribution < -0.4 is 40.0 Å². The van der Waals surface area contributed by atoms with Crippen LogP contribution in [0.25, 0.3) is 0 Å². The smallest absolute Gasteiger partial charge is 0.545 e. The summed E-state index contributed by atoms with van der Waals surface area (Å²) in [6.07, 6.45) is 7.38. The molecular formula is C35H38Cl2NNaO5. The fourth-order valence-corrected chi connectivity index (χ4v) is 8.10. The number of benzene rings is 3. The second-order valence-corrected chi connectivity index (χ2v) is 13.0. The first-order chi connectivity index (χ1) is 20.5. The first kappa shape index (κ1) is 34.6. The fourth-order valence-electron chi connectivity index (χ4n) is 7.63. The number of carbonyl (C=O) groups is 2. The van der Waals surface area contributed by atoms with Crippen LogP contribution in [-0.2, 0) is 16.0 Å². The maximum atomic E-state index is 11.8. The zero-order valence-corrected chi connectivity index (χ0v) is 29.3. The van der Waals surface area contributed by atoms with Crippen LogP contribution in [0.5, 0.6) is 5.75 Å². The molecular weight excluding hydrogens is 608 g/mol. The molecule has 3 aromatic carbocycles. The number of phenols is 1. The van der Waals surface area contributed by atoms with E-state index in [2.05, 4.69) is 18.3 Å². The molecule has 0 bridgehead atoms. The van der Waals surface area contributed by atoms with Gasteiger partial charge in [-0.2, -0.15) is 0 Å². The number of hydrogen-bond donors (Lipinski definition) is 2. The van der Waals surface area contributed by atoms with Gasteiger partial charge in [-0.25, -0.2) is 0 Å². The van der Waals surface area contributed by atoms with Crippen LogP contribution in [0.4, 0.5) is 11.4 Å². The summed E-state index contributed by atoms with van der Waals surface area (Å²) < 4.78 is 5.83. The average molecular weight is 647 g/mol. The van der Waals surface area contributed by atoms with Gasteiger partial charge in [-0.15, -0.1) is 0 Å². The molecule has 3 aromatic rings. The number of hydrogen-bond acceptors (Lipinski definition) is 6. The molecule has 5 atom stereocenters. The molecule has 6 rings (SSSR count). The predicted molar refractivity (Wildman–Crippen MR) is 168 cm³/mol. The van der Waals surface area contributed by atoms with Crippen molar-refractivity contribution in [2.75, 3.05) is 5.32 Å². The van der Waals surface area contributed by atoms with Crippen molar-refractivity contribution in [2.45, 2.75) is 77.7 Å². The van der Waals surface area contributed by atoms with E-state index in [1.807, 2.05) is 26.0 Å². The Morgan fingerprint density at radius 3 is 2.55 bits per heavy atom. The molecule has 0 saturated heterocycles. The summed E-state index contributed by atoms with van der Waals surface area (Å²) in [6.45, 7) is 6.08. The second kappa shape index (κ2) is 14.5. The van der Waals surface area contributed by atoms with Crippen molar-refractivity contribution in [3.05, 3.63) is 86.9 Å². The minimum Gasteiger partial charge on any atom is -0.545 e. The summed E-state index contributed by atoms with van der Waals surface area (Å²) >= 11 is 12.2. The van der Waals surface area contributed by atoms with E-state index < -0.39 is 5.97 Å². The zero-order chi connectivity index (χ0) is 30.9. The monoisotopic (exact) mass is 645 g/mol. The predicted octanol–water partition coefficient (Wildman–Crippen LogP) is 4.98. The number of aromatic carboxylic acids is 1. The minimum atomic E-state index is -1.26. The van der Waals surface area contributed by atoms with E-state index in [0.717, 1.165) is 24.8 Å². The number of aryl methyl sites for hydroxylation is 2. The van der Waals surface area contributed by atoms with Gasteiger partial charge in [-0.05, 0) is 104 Å². The number of nitrogens with one attached hydrogen (secondary N) is 1. The van der Waals surface area contributed by atoms with Gasteiger partial charge in [0, 0.05) is 23.1 Å². The van der Waals surface area contributed by atoms with Crippen molar-refractivity contribution >= 4 is 46.5 Å². The van der Waals surface area contributed by atoms with Gasteiger partial charge in [0.05, 0.1) is 21.7 Å². The number of carboxylic acid groups (broad SMARTS) is 1. The quantitative estimate of drug-likeness (QED) is 0.300. The van der Waals surface area contributed by atoms with Crippen molar-refractivity contribution < 1.29 is 54.1 Å². The Hall–Kier alpha value is -2.22. The standard InChI is InChI=1S/C21H28O3.C14H11Cl2NO2.Na/c1-3-20(23)24-19-9-8-18-17-6-4-13-12-14(22)5-7-15(13)16(17)10-11-21(18,19)2;1-8-6-7-10(15)13(12(8)16)17-11-5-3-2-4-9(11)14(18)19;/h5,7,12,16-19,22H,3-4,6,8-11H2,1-2H3;2-7,17H,1H3,(H,18,19);/q;;+1/p-1. The van der Waals surface area contributed by atoms with Crippen LogP contribution in [-0.4, -0.2) is 23.1 Å². The summed E-state index contributed by atoms with van der Waals surface area (Å²) in [4.78, 5) is 22.8. The fraction of sp³-hybridized carbons (Fsp3) is 0.429. The van der Waals surface area contributed by atoms with Gasteiger partial charge in [0.1, 0.15) is 11.9 Å². The Morgan fingerprint density at radius 1 is 1.07 bits per heavy atom. The Bertz CT molecular complexity index is 1530. The largest absolute Gasteiger partial charge is 1.00 e. The van der Waals surface area contributed by atoms with Crippen LogP contribution in [0.2, 0.25) is 10.0 Å². The van der Waals surface area contributed by atoms with E-state index in [0.29, 0.717) is 51.3 Å². The molecule has 2 saturated carbocycles. The number of halogens is 2. The van der Waals surface area contributed by atoms with Gasteiger partial charge in [0.25, 0.3) is 0 Å². The van der Waals surface area contributed by atoms with Crippen LogP contribution in [0, 0.1) is 24.2 Å². The molecule has 5 unspecified atom stereocenters. The molecule has 0 aliphatic heterocycles. The third-order valence-electron chi connectivity index (χ3n) is 9.88. The summed E-state index contributed by atoms with van der Waals surface area (Å²) in [6, 6.07) is 15.9. The van der Waals surface area contributed by atoms with E-state index in [9.17, 15) is 19.8 Å². The van der Waals surface area contributed by atoms with Gasteiger partial charge >= 0.3 is 35.5 Å². The van der Waals surface area contributed by atoms with Gasteiger partial charge in [-0.1, -0.05) is 67.4 Å². The number of carboxylic acids is 1. The third-order valence-corrected chi connectivity index (χ3v) is 10.7. The van der Waals surface area contributed by atoms with Crippen LogP contribution in [0.15, 0.2) is 54.6 Å². The van der Waals surface area contributed by atoms with Gasteiger partial charge < -0.3 is 25.1 Å². The Kier molecular flexibility index (Phi) is 11.4. The molecule has 2 N–H and O–H groups in total. The number of ether oxygens (including phenoxy) is 1. The number of para-hydroxylation sites is 1. The van der Waals surface area contributed by atoms with Crippen molar-refractivity contribution in [2.24, 2.45) is 17.3 Å². The molecule has 0 heterocycles. The normalized spacial score (nSPS) is 24.8. The number of fused-ring (bicyclic) bond motifs is 5. The maximum absolute atomic E-state index is 11.8. The van der Waals surface area contributed by atoms with Crippen molar-refractivity contribution in [3.8, 4) is 5.75 Å². The molecule has 6 nitrogen and oxygen atoms in total. The van der Waals surface area contributed by atoms with Crippen molar-refractivity contribution in [1.82, 2.24) is 0 Å². The van der Waals surface area contributed by atoms with Crippen LogP contribution in [0.3, 0.4) is 0 Å². The van der Waals surface area contributed by atoms with Crippen LogP contribution >= 0.6 is 23.2 Å². The molecule has 0 amide bonds. The second-order valence-electron chi connectivity index (χ2n) is 12.3. The molecule has 0 spiro atoms. The van der Waals surface area contributed by atoms with E-state index in [1.54, 1.807) is 30.3 Å². The Morgan fingerprint density at radius 2 is 1.82 bits per heavy atom. The molecule has 3 aliphatic rings. The Balaban J connectivity index is 0.000000202. The van der Waals surface area contributed by atoms with Gasteiger partial charge in [-0.3, -0.25) is 4.79 Å². The van der Waals surface area contributed by atoms with E-state index >= 15 is 0 Å². The third kappa shape index (κ3) is 6.95. The van der Waals surface area contributed by atoms with Gasteiger partial charge in [0.2, 0.25) is 0 Å². The number of anilines is 2. The first-order valence-corrected chi connectivity index (χ1v) is 15.8. The topological polar surface area (TPSA) is 98.7 Å². The number of aromatic hydroxyl groups is 1. The molecule has 9 heteroatoms. The average Bonchev–Trinajstić information content (AvgIpc) is 3.33. The van der Waals surface area contributed by atoms with Gasteiger partial charge in [0.15, 0.2) is 0 Å². The van der Waals surface area contributed by atoms with Crippen LogP contribution in [0.1, 0.15) is 85.3 Å². The van der Waals surface area contributed by atoms with E-state index in [-0.39, 0.29) is 52.6 Å².